The van der Waals surface area contributed by atoms with Gasteiger partial charge >= 0.3 is 5.97 Å². The second-order valence-electron chi connectivity index (χ2n) is 4.72. The summed E-state index contributed by atoms with van der Waals surface area (Å²) in [6, 6.07) is 5.59. The molecule has 1 aromatic rings. The molecule has 0 radical (unpaired) electrons. The fourth-order valence-electron chi connectivity index (χ4n) is 2.35. The van der Waals surface area contributed by atoms with E-state index in [9.17, 15) is 9.18 Å². The maximum Gasteiger partial charge on any atom is 0.337 e. The summed E-state index contributed by atoms with van der Waals surface area (Å²) in [4.78, 5) is 12.1. The van der Waals surface area contributed by atoms with E-state index in [1.54, 1.807) is 12.1 Å². The second-order valence-corrected chi connectivity index (χ2v) is 5.13. The van der Waals surface area contributed by atoms with Crippen molar-refractivity contribution in [2.45, 2.75) is 25.8 Å². The maximum absolute atomic E-state index is 13.5. The predicted molar refractivity (Wildman–Crippen MR) is 82.0 cm³/mol. The smallest absolute Gasteiger partial charge is 0.337 e. The lowest BCUT2D eigenvalue weighted by Crippen LogP contribution is -2.45. The summed E-state index contributed by atoms with van der Waals surface area (Å²) < 4.78 is 18.3. The van der Waals surface area contributed by atoms with Crippen molar-refractivity contribution in [1.82, 2.24) is 10.6 Å². The number of methoxy groups -OCH3 is 1. The lowest BCUT2D eigenvalue weighted by molar-refractivity contribution is -0.136. The van der Waals surface area contributed by atoms with Gasteiger partial charge < -0.3 is 15.4 Å². The van der Waals surface area contributed by atoms with Crippen LogP contribution >= 0.6 is 12.2 Å². The van der Waals surface area contributed by atoms with E-state index in [-0.39, 0.29) is 5.82 Å². The van der Waals surface area contributed by atoms with Gasteiger partial charge in [0.2, 0.25) is 0 Å². The van der Waals surface area contributed by atoms with Gasteiger partial charge in [-0.3, -0.25) is 0 Å². The van der Waals surface area contributed by atoms with E-state index in [4.69, 9.17) is 17.0 Å². The fraction of sp³-hybridized carbons (Fsp3) is 0.333. The lowest BCUT2D eigenvalue weighted by atomic mass is 9.94. The predicted octanol–water partition coefficient (Wildman–Crippen LogP) is 2.57. The maximum atomic E-state index is 13.5. The van der Waals surface area contributed by atoms with Crippen LogP contribution in [0.15, 0.2) is 35.5 Å². The van der Waals surface area contributed by atoms with Crippen molar-refractivity contribution >= 4 is 23.3 Å². The van der Waals surface area contributed by atoms with Crippen LogP contribution in [-0.4, -0.2) is 18.2 Å². The van der Waals surface area contributed by atoms with Crippen LogP contribution in [0, 0.1) is 5.82 Å². The van der Waals surface area contributed by atoms with Gasteiger partial charge in [-0.05, 0) is 36.3 Å². The summed E-state index contributed by atoms with van der Waals surface area (Å²) in [5.74, 6) is -0.810. The van der Waals surface area contributed by atoms with Crippen LogP contribution in [0.2, 0.25) is 0 Å². The Hall–Kier alpha value is -1.95. The summed E-state index contributed by atoms with van der Waals surface area (Å²) in [5.41, 5.74) is 1.80. The van der Waals surface area contributed by atoms with Gasteiger partial charge in [-0.1, -0.05) is 25.5 Å². The van der Waals surface area contributed by atoms with Crippen molar-refractivity contribution in [3.63, 3.8) is 0 Å². The van der Waals surface area contributed by atoms with Crippen molar-refractivity contribution in [3.05, 3.63) is 46.9 Å². The molecule has 1 atom stereocenters. The molecule has 2 rings (SSSR count). The first kappa shape index (κ1) is 15.4. The quantitative estimate of drug-likeness (QED) is 0.661. The minimum Gasteiger partial charge on any atom is -0.466 e. The van der Waals surface area contributed by atoms with Gasteiger partial charge in [-0.25, -0.2) is 9.18 Å². The Kier molecular flexibility index (Phi) is 4.90. The van der Waals surface area contributed by atoms with Crippen LogP contribution < -0.4 is 10.6 Å². The zero-order valence-corrected chi connectivity index (χ0v) is 12.7. The van der Waals surface area contributed by atoms with Gasteiger partial charge in [0.1, 0.15) is 5.82 Å². The lowest BCUT2D eigenvalue weighted by Gasteiger charge is -2.30. The highest BCUT2D eigenvalue weighted by atomic mass is 32.1. The zero-order valence-electron chi connectivity index (χ0n) is 11.9. The molecule has 0 aliphatic carbocycles. The van der Waals surface area contributed by atoms with Gasteiger partial charge in [0.25, 0.3) is 0 Å². The molecule has 21 heavy (non-hydrogen) atoms. The van der Waals surface area contributed by atoms with Gasteiger partial charge in [0.05, 0.1) is 18.7 Å². The number of benzene rings is 1. The van der Waals surface area contributed by atoms with E-state index in [1.165, 1.54) is 19.2 Å². The summed E-state index contributed by atoms with van der Waals surface area (Å²) >= 11 is 5.18. The largest absolute Gasteiger partial charge is 0.466 e. The molecule has 4 nitrogen and oxygen atoms in total. The second kappa shape index (κ2) is 6.67. The number of nitrogens with one attached hydrogen (secondary N) is 2. The normalized spacial score (nSPS) is 18.0. The number of hydrogen-bond acceptors (Lipinski definition) is 3. The first-order chi connectivity index (χ1) is 10.1. The molecule has 0 fully saturated rings. The van der Waals surface area contributed by atoms with Crippen molar-refractivity contribution < 1.29 is 13.9 Å². The topological polar surface area (TPSA) is 50.4 Å². The summed E-state index contributed by atoms with van der Waals surface area (Å²) in [5, 5.41) is 6.43. The third-order valence-corrected chi connectivity index (χ3v) is 3.46. The van der Waals surface area contributed by atoms with E-state index in [0.29, 0.717) is 22.7 Å². The van der Waals surface area contributed by atoms with Crippen molar-refractivity contribution in [2.24, 2.45) is 0 Å². The number of hydrogen-bond donors (Lipinski definition) is 2. The number of carbonyl (C=O) groups is 1. The highest BCUT2D eigenvalue weighted by molar-refractivity contribution is 7.80. The molecule has 112 valence electrons. The molecule has 0 saturated heterocycles. The molecule has 1 aromatic carbocycles. The standard InChI is InChI=1S/C15H17FN2O2S/c1-3-5-11-12(14(19)20-2)13(18-15(21)17-11)9-6-4-7-10(16)8-9/h4,6-8,13H,3,5H2,1-2H3,(H2,17,18,21)/t13-/m0/s1. The molecule has 6 heteroatoms. The zero-order chi connectivity index (χ0) is 15.4. The number of carbonyl (C=O) groups excluding carboxylic acids is 1. The molecule has 0 unspecified atom stereocenters. The van der Waals surface area contributed by atoms with Gasteiger partial charge in [0, 0.05) is 5.70 Å². The van der Waals surface area contributed by atoms with E-state index >= 15 is 0 Å². The molecule has 0 spiro atoms. The number of thiocarbonyl (C=S) groups is 1. The molecular formula is C15H17FN2O2S. The van der Waals surface area contributed by atoms with Crippen molar-refractivity contribution in [3.8, 4) is 0 Å². The Morgan fingerprint density at radius 1 is 1.48 bits per heavy atom. The van der Waals surface area contributed by atoms with Crippen LogP contribution in [0.4, 0.5) is 4.39 Å². The number of esters is 1. The number of rotatable bonds is 4. The highest BCUT2D eigenvalue weighted by Gasteiger charge is 2.31. The Bertz CT molecular complexity index is 601. The van der Waals surface area contributed by atoms with Crippen LogP contribution in [0.5, 0.6) is 0 Å². The summed E-state index contributed by atoms with van der Waals surface area (Å²) in [6.07, 6.45) is 1.51. The average Bonchev–Trinajstić information content (AvgIpc) is 2.46. The monoisotopic (exact) mass is 308 g/mol. The molecule has 1 aliphatic heterocycles. The minimum atomic E-state index is -0.511. The van der Waals surface area contributed by atoms with E-state index in [1.807, 2.05) is 6.92 Å². The van der Waals surface area contributed by atoms with E-state index in [2.05, 4.69) is 10.6 Å². The summed E-state index contributed by atoms with van der Waals surface area (Å²) in [7, 11) is 1.33. The highest BCUT2D eigenvalue weighted by Crippen LogP contribution is 2.29. The third kappa shape index (κ3) is 3.39. The molecule has 1 aliphatic rings. The molecule has 2 N–H and O–H groups in total. The van der Waals surface area contributed by atoms with E-state index < -0.39 is 12.0 Å². The number of ether oxygens (including phenoxy) is 1. The van der Waals surface area contributed by atoms with Crippen LogP contribution in [0.1, 0.15) is 31.4 Å². The average molecular weight is 308 g/mol. The first-order valence-electron chi connectivity index (χ1n) is 6.71. The molecule has 0 bridgehead atoms. The Labute approximate surface area is 128 Å². The van der Waals surface area contributed by atoms with Crippen LogP contribution in [-0.2, 0) is 9.53 Å². The number of allylic oxidation sites excluding steroid dienone is 1. The molecule has 0 amide bonds. The van der Waals surface area contributed by atoms with Crippen molar-refractivity contribution in [2.75, 3.05) is 7.11 Å². The first-order valence-corrected chi connectivity index (χ1v) is 7.12. The van der Waals surface area contributed by atoms with E-state index in [0.717, 1.165) is 12.1 Å². The Morgan fingerprint density at radius 3 is 2.86 bits per heavy atom. The van der Waals surface area contributed by atoms with Gasteiger partial charge in [-0.15, -0.1) is 0 Å². The van der Waals surface area contributed by atoms with Crippen molar-refractivity contribution in [1.29, 1.82) is 0 Å². The van der Waals surface area contributed by atoms with Gasteiger partial charge in [-0.2, -0.15) is 0 Å². The molecular weight excluding hydrogens is 291 g/mol. The van der Waals surface area contributed by atoms with Gasteiger partial charge in [0.15, 0.2) is 5.11 Å². The molecule has 0 saturated carbocycles. The SMILES string of the molecule is CCCC1=C(C(=O)OC)[C@H](c2cccc(F)c2)NC(=S)N1. The Balaban J connectivity index is 2.52. The molecule has 1 heterocycles. The van der Waals surface area contributed by atoms with Crippen LogP contribution in [0.25, 0.3) is 0 Å². The van der Waals surface area contributed by atoms with Crippen LogP contribution in [0.3, 0.4) is 0 Å². The number of halogens is 1. The molecule has 0 aromatic heterocycles. The third-order valence-electron chi connectivity index (χ3n) is 3.24. The fourth-order valence-corrected chi connectivity index (χ4v) is 2.59. The Morgan fingerprint density at radius 2 is 2.24 bits per heavy atom. The minimum absolute atomic E-state index is 0.361. The summed E-state index contributed by atoms with van der Waals surface area (Å²) in [6.45, 7) is 2.01.